The highest BCUT2D eigenvalue weighted by Crippen LogP contribution is 2.48. The minimum atomic E-state index is -5.09. The van der Waals surface area contributed by atoms with Gasteiger partial charge in [0.05, 0.1) is 11.3 Å². The van der Waals surface area contributed by atoms with Gasteiger partial charge in [-0.2, -0.15) is 26.3 Å². The Balaban J connectivity index is 2.26. The van der Waals surface area contributed by atoms with E-state index in [1.54, 1.807) is 0 Å². The van der Waals surface area contributed by atoms with Crippen molar-refractivity contribution in [3.05, 3.63) is 59.5 Å². The zero-order chi connectivity index (χ0) is 17.0. The second kappa shape index (κ2) is 4.53. The molecular formula is C14H8F6N2O. The van der Waals surface area contributed by atoms with Gasteiger partial charge in [0.25, 0.3) is 0 Å². The van der Waals surface area contributed by atoms with Crippen molar-refractivity contribution in [2.45, 2.75) is 18.0 Å². The van der Waals surface area contributed by atoms with Gasteiger partial charge in [0.1, 0.15) is 5.54 Å². The highest BCUT2D eigenvalue weighted by atomic mass is 19.4. The maximum atomic E-state index is 13.4. The third-order valence-corrected chi connectivity index (χ3v) is 3.68. The number of rotatable bonds is 0. The molecule has 1 N–H and O–H groups in total. The molecule has 3 nitrogen and oxygen atoms in total. The van der Waals surface area contributed by atoms with Crippen LogP contribution < -0.4 is 5.32 Å². The summed E-state index contributed by atoms with van der Waals surface area (Å²) in [5, 5.41) is 2.26. The molecule has 23 heavy (non-hydrogen) atoms. The fourth-order valence-electron chi connectivity index (χ4n) is 2.73. The van der Waals surface area contributed by atoms with Crippen LogP contribution in [0, 0.1) is 0 Å². The van der Waals surface area contributed by atoms with Crippen molar-refractivity contribution in [1.82, 2.24) is 10.2 Å². The van der Waals surface area contributed by atoms with E-state index in [1.807, 2.05) is 0 Å². The first kappa shape index (κ1) is 15.4. The summed E-state index contributed by atoms with van der Waals surface area (Å²) in [4.78, 5) is 11.0. The molecule has 0 aromatic heterocycles. The van der Waals surface area contributed by atoms with Crippen LogP contribution in [0.2, 0.25) is 0 Å². The number of carbonyl (C=O) groups is 1. The minimum absolute atomic E-state index is 0.0122. The number of hydrogen-bond donors (Lipinski definition) is 1. The molecule has 0 bridgehead atoms. The Labute approximate surface area is 125 Å². The molecule has 0 saturated heterocycles. The summed E-state index contributed by atoms with van der Waals surface area (Å²) in [5.74, 6) is -0.649. The Hall–Kier alpha value is -2.45. The van der Waals surface area contributed by atoms with Crippen molar-refractivity contribution >= 4 is 5.91 Å². The molecular weight excluding hydrogens is 326 g/mol. The summed E-state index contributed by atoms with van der Waals surface area (Å²) >= 11 is 0. The molecule has 9 heteroatoms. The van der Waals surface area contributed by atoms with Gasteiger partial charge in [-0.3, -0.25) is 9.69 Å². The monoisotopic (exact) mass is 334 g/mol. The Morgan fingerprint density at radius 1 is 1.09 bits per heavy atom. The first-order valence-electron chi connectivity index (χ1n) is 6.31. The molecule has 2 aliphatic heterocycles. The lowest BCUT2D eigenvalue weighted by Crippen LogP contribution is -2.60. The van der Waals surface area contributed by atoms with E-state index in [4.69, 9.17) is 0 Å². The van der Waals surface area contributed by atoms with E-state index in [2.05, 4.69) is 5.32 Å². The van der Waals surface area contributed by atoms with E-state index < -0.39 is 29.5 Å². The SMILES string of the molecule is O=C1C=CC23C(=CC(C(F)(F)F)=CN2C(F)(F)F)C=CC=C3N1. The fourth-order valence-corrected chi connectivity index (χ4v) is 2.73. The van der Waals surface area contributed by atoms with Gasteiger partial charge in [-0.05, 0) is 23.8 Å². The van der Waals surface area contributed by atoms with Gasteiger partial charge in [-0.25, -0.2) is 0 Å². The van der Waals surface area contributed by atoms with Crippen LogP contribution in [0.5, 0.6) is 0 Å². The van der Waals surface area contributed by atoms with Gasteiger partial charge < -0.3 is 5.32 Å². The average Bonchev–Trinajstić information content (AvgIpc) is 2.42. The lowest BCUT2D eigenvalue weighted by molar-refractivity contribution is -0.244. The smallest absolute Gasteiger partial charge is 0.323 e. The lowest BCUT2D eigenvalue weighted by atomic mass is 9.76. The summed E-state index contributed by atoms with van der Waals surface area (Å²) in [7, 11) is 0. The van der Waals surface area contributed by atoms with E-state index in [9.17, 15) is 31.1 Å². The molecule has 2 heterocycles. The van der Waals surface area contributed by atoms with E-state index in [-0.39, 0.29) is 22.4 Å². The molecule has 0 radical (unpaired) electrons. The lowest BCUT2D eigenvalue weighted by Gasteiger charge is -2.48. The summed E-state index contributed by atoms with van der Waals surface area (Å²) in [6, 6.07) is 0. The van der Waals surface area contributed by atoms with Gasteiger partial charge in [-0.1, -0.05) is 12.2 Å². The van der Waals surface area contributed by atoms with E-state index >= 15 is 0 Å². The highest BCUT2D eigenvalue weighted by Gasteiger charge is 2.56. The summed E-state index contributed by atoms with van der Waals surface area (Å²) in [6.45, 7) is 0. The molecule has 0 aromatic rings. The predicted octanol–water partition coefficient (Wildman–Crippen LogP) is 3.07. The van der Waals surface area contributed by atoms with Gasteiger partial charge in [-0.15, -0.1) is 0 Å². The fraction of sp³-hybridized carbons (Fsp3) is 0.214. The van der Waals surface area contributed by atoms with Gasteiger partial charge in [0.15, 0.2) is 0 Å². The highest BCUT2D eigenvalue weighted by molar-refractivity contribution is 5.92. The summed E-state index contributed by atoms with van der Waals surface area (Å²) in [5.41, 5.74) is -3.87. The summed E-state index contributed by atoms with van der Waals surface area (Å²) in [6.07, 6.45) is -3.88. The number of nitrogens with zero attached hydrogens (tertiary/aromatic N) is 1. The van der Waals surface area contributed by atoms with Crippen LogP contribution in [-0.4, -0.2) is 28.8 Å². The van der Waals surface area contributed by atoms with Crippen molar-refractivity contribution in [2.75, 3.05) is 0 Å². The number of nitrogens with one attached hydrogen (secondary N) is 1. The molecule has 1 amide bonds. The maximum Gasteiger partial charge on any atom is 0.485 e. The average molecular weight is 334 g/mol. The molecule has 0 fully saturated rings. The van der Waals surface area contributed by atoms with Crippen LogP contribution >= 0.6 is 0 Å². The van der Waals surface area contributed by atoms with Crippen LogP contribution in [0.1, 0.15) is 0 Å². The predicted molar refractivity (Wildman–Crippen MR) is 67.4 cm³/mol. The normalized spacial score (nSPS) is 26.8. The van der Waals surface area contributed by atoms with Gasteiger partial charge in [0.2, 0.25) is 5.91 Å². The third-order valence-electron chi connectivity index (χ3n) is 3.68. The topological polar surface area (TPSA) is 32.3 Å². The van der Waals surface area contributed by atoms with Crippen molar-refractivity contribution in [3.8, 4) is 0 Å². The molecule has 122 valence electrons. The largest absolute Gasteiger partial charge is 0.485 e. The Morgan fingerprint density at radius 2 is 1.78 bits per heavy atom. The van der Waals surface area contributed by atoms with Crippen LogP contribution in [0.3, 0.4) is 0 Å². The van der Waals surface area contributed by atoms with Crippen molar-refractivity contribution in [1.29, 1.82) is 0 Å². The number of halogens is 6. The molecule has 1 spiro atoms. The van der Waals surface area contributed by atoms with E-state index in [0.29, 0.717) is 6.08 Å². The molecule has 3 aliphatic rings. The van der Waals surface area contributed by atoms with Crippen LogP contribution in [0.15, 0.2) is 59.5 Å². The quantitative estimate of drug-likeness (QED) is 0.545. The zero-order valence-corrected chi connectivity index (χ0v) is 11.2. The standard InChI is InChI=1S/C14H8F6N2O/c15-13(16,17)9-6-8-2-1-3-10-12(8,5-4-11(23)21-10)22(7-9)14(18,19)20/h1-7H,(H,21,23). The van der Waals surface area contributed by atoms with Crippen molar-refractivity contribution in [2.24, 2.45) is 0 Å². The summed E-state index contributed by atoms with van der Waals surface area (Å²) < 4.78 is 79.0. The van der Waals surface area contributed by atoms with E-state index in [1.165, 1.54) is 12.2 Å². The Bertz CT molecular complexity index is 723. The Kier molecular flexibility index (Phi) is 3.04. The van der Waals surface area contributed by atoms with Gasteiger partial charge >= 0.3 is 12.5 Å². The molecule has 3 rings (SSSR count). The second-order valence-corrected chi connectivity index (χ2v) is 5.05. The molecule has 0 saturated carbocycles. The Morgan fingerprint density at radius 3 is 2.39 bits per heavy atom. The number of allylic oxidation sites excluding steroid dienone is 4. The van der Waals surface area contributed by atoms with Gasteiger partial charge in [0, 0.05) is 12.3 Å². The van der Waals surface area contributed by atoms with Crippen LogP contribution in [0.4, 0.5) is 26.3 Å². The van der Waals surface area contributed by atoms with Crippen molar-refractivity contribution in [3.63, 3.8) is 0 Å². The first-order valence-corrected chi connectivity index (χ1v) is 6.31. The molecule has 1 atom stereocenters. The van der Waals surface area contributed by atoms with E-state index in [0.717, 1.165) is 18.2 Å². The molecule has 0 aromatic carbocycles. The third kappa shape index (κ3) is 2.27. The zero-order valence-electron chi connectivity index (χ0n) is 11.2. The second-order valence-electron chi connectivity index (χ2n) is 5.05. The minimum Gasteiger partial charge on any atom is -0.323 e. The maximum absolute atomic E-state index is 13.4. The number of hydrogen-bond acceptors (Lipinski definition) is 2. The van der Waals surface area contributed by atoms with Crippen LogP contribution in [0.25, 0.3) is 0 Å². The number of amides is 1. The molecule has 1 unspecified atom stereocenters. The first-order chi connectivity index (χ1) is 10.5. The van der Waals surface area contributed by atoms with Crippen LogP contribution in [-0.2, 0) is 4.79 Å². The van der Waals surface area contributed by atoms with Crippen molar-refractivity contribution < 1.29 is 31.1 Å². The number of carbonyl (C=O) groups excluding carboxylic acids is 1. The molecule has 1 aliphatic carbocycles. The number of alkyl halides is 6.